The maximum atomic E-state index is 13.1. The first-order chi connectivity index (χ1) is 17.3. The first-order valence-electron chi connectivity index (χ1n) is 10.9. The fraction of sp³-hybridized carbons (Fsp3) is 0.120. The van der Waals surface area contributed by atoms with Crippen molar-refractivity contribution in [2.24, 2.45) is 4.99 Å². The molecule has 0 aliphatic carbocycles. The van der Waals surface area contributed by atoms with Crippen molar-refractivity contribution in [3.8, 4) is 11.5 Å². The van der Waals surface area contributed by atoms with Crippen molar-refractivity contribution >= 4 is 43.2 Å². The van der Waals surface area contributed by atoms with Crippen LogP contribution in [0.4, 0.5) is 10.1 Å². The molecule has 8 nitrogen and oxygen atoms in total. The minimum absolute atomic E-state index is 0.0759. The van der Waals surface area contributed by atoms with Crippen LogP contribution in [0, 0.1) is 5.82 Å². The van der Waals surface area contributed by atoms with Crippen molar-refractivity contribution in [3.63, 3.8) is 0 Å². The van der Waals surface area contributed by atoms with Crippen molar-refractivity contribution in [1.29, 1.82) is 0 Å². The third-order valence-electron chi connectivity index (χ3n) is 5.36. The number of amides is 1. The Morgan fingerprint density at radius 3 is 2.42 bits per heavy atom. The number of aromatic nitrogens is 1. The first kappa shape index (κ1) is 23.8. The molecule has 0 radical (unpaired) electrons. The van der Waals surface area contributed by atoms with Crippen LogP contribution in [0.3, 0.4) is 0 Å². The van der Waals surface area contributed by atoms with Gasteiger partial charge in [-0.05, 0) is 48.5 Å². The molecule has 0 bridgehead atoms. The van der Waals surface area contributed by atoms with Crippen molar-refractivity contribution in [3.05, 3.63) is 89.5 Å². The summed E-state index contributed by atoms with van der Waals surface area (Å²) in [5.41, 5.74) is 1.39. The van der Waals surface area contributed by atoms with Gasteiger partial charge in [0.1, 0.15) is 19.0 Å². The number of fused-ring (bicyclic) bond motifs is 2. The van der Waals surface area contributed by atoms with E-state index in [0.29, 0.717) is 36.1 Å². The molecule has 5 rings (SSSR count). The molecule has 0 unspecified atom stereocenters. The molecule has 36 heavy (non-hydrogen) atoms. The molecule has 11 heteroatoms. The van der Waals surface area contributed by atoms with Gasteiger partial charge >= 0.3 is 0 Å². The predicted molar refractivity (Wildman–Crippen MR) is 135 cm³/mol. The number of allylic oxidation sites excluding steroid dienone is 1. The molecule has 2 heterocycles. The summed E-state index contributed by atoms with van der Waals surface area (Å²) in [5.74, 6) is 0.276. The standard InChI is InChI=1S/C25H20FN3O5S2/c1-2-11-29-20-14-21-22(34-13-12-33-21)15-23(20)35-25(29)27-24(30)16-3-7-18(8-4-16)28-36(31,32)19-9-5-17(26)6-10-19/h2-10,14-15,28H,1,11-13H2. The maximum absolute atomic E-state index is 13.1. The summed E-state index contributed by atoms with van der Waals surface area (Å²) in [7, 11) is -3.90. The van der Waals surface area contributed by atoms with E-state index in [1.54, 1.807) is 6.08 Å². The number of anilines is 1. The number of hydrogen-bond acceptors (Lipinski definition) is 6. The fourth-order valence-electron chi connectivity index (χ4n) is 3.66. The summed E-state index contributed by atoms with van der Waals surface area (Å²) in [6.45, 7) is 5.18. The van der Waals surface area contributed by atoms with Gasteiger partial charge in [-0.2, -0.15) is 4.99 Å². The van der Waals surface area contributed by atoms with Crippen LogP contribution in [0.25, 0.3) is 10.2 Å². The number of rotatable bonds is 6. The van der Waals surface area contributed by atoms with Crippen LogP contribution in [0.2, 0.25) is 0 Å². The molecule has 0 atom stereocenters. The topological polar surface area (TPSA) is 99.0 Å². The van der Waals surface area contributed by atoms with Gasteiger partial charge in [-0.25, -0.2) is 12.8 Å². The Labute approximate surface area is 210 Å². The van der Waals surface area contributed by atoms with Gasteiger partial charge in [0.15, 0.2) is 16.3 Å². The van der Waals surface area contributed by atoms with Crippen molar-refractivity contribution in [2.75, 3.05) is 17.9 Å². The van der Waals surface area contributed by atoms with Crippen LogP contribution >= 0.6 is 11.3 Å². The summed E-state index contributed by atoms with van der Waals surface area (Å²) in [5, 5.41) is 0. The predicted octanol–water partition coefficient (Wildman–Crippen LogP) is 4.34. The summed E-state index contributed by atoms with van der Waals surface area (Å²) in [6, 6.07) is 14.1. The number of thiazole rings is 1. The zero-order valence-corrected chi connectivity index (χ0v) is 20.4. The van der Waals surface area contributed by atoms with Crippen molar-refractivity contribution in [2.45, 2.75) is 11.4 Å². The van der Waals surface area contributed by atoms with E-state index in [-0.39, 0.29) is 16.1 Å². The highest BCUT2D eigenvalue weighted by molar-refractivity contribution is 7.92. The highest BCUT2D eigenvalue weighted by Gasteiger charge is 2.17. The molecular formula is C25H20FN3O5S2. The van der Waals surface area contributed by atoms with Crippen LogP contribution in [0.5, 0.6) is 11.5 Å². The SMILES string of the molecule is C=CCn1c(=NC(=O)c2ccc(NS(=O)(=O)c3ccc(F)cc3)cc2)sc2cc3c(cc21)OCCO3. The van der Waals surface area contributed by atoms with E-state index in [1.807, 2.05) is 16.7 Å². The third kappa shape index (κ3) is 4.75. The van der Waals surface area contributed by atoms with Gasteiger partial charge in [-0.1, -0.05) is 17.4 Å². The van der Waals surface area contributed by atoms with Gasteiger partial charge in [0.2, 0.25) is 0 Å². The second-order valence-corrected chi connectivity index (χ2v) is 10.5. The molecule has 1 amide bonds. The number of nitrogens with zero attached hydrogens (tertiary/aromatic N) is 2. The zero-order chi connectivity index (χ0) is 25.3. The van der Waals surface area contributed by atoms with Crippen LogP contribution in [-0.2, 0) is 16.6 Å². The zero-order valence-electron chi connectivity index (χ0n) is 18.8. The Bertz CT molecular complexity index is 1640. The molecule has 1 N–H and O–H groups in total. The van der Waals surface area contributed by atoms with E-state index < -0.39 is 21.7 Å². The fourth-order valence-corrected chi connectivity index (χ4v) is 5.76. The first-order valence-corrected chi connectivity index (χ1v) is 13.2. The van der Waals surface area contributed by atoms with E-state index in [4.69, 9.17) is 9.47 Å². The number of ether oxygens (including phenoxy) is 2. The van der Waals surface area contributed by atoms with Gasteiger partial charge < -0.3 is 14.0 Å². The highest BCUT2D eigenvalue weighted by atomic mass is 32.2. The van der Waals surface area contributed by atoms with E-state index in [2.05, 4.69) is 16.3 Å². The molecule has 0 fully saturated rings. The Balaban J connectivity index is 1.42. The van der Waals surface area contributed by atoms with E-state index in [0.717, 1.165) is 22.3 Å². The Morgan fingerprint density at radius 2 is 1.75 bits per heavy atom. The number of benzene rings is 3. The molecule has 1 aliphatic heterocycles. The minimum atomic E-state index is -3.90. The summed E-state index contributed by atoms with van der Waals surface area (Å²) < 4.78 is 54.6. The largest absolute Gasteiger partial charge is 0.486 e. The van der Waals surface area contributed by atoms with E-state index in [1.165, 1.54) is 47.7 Å². The molecule has 0 saturated carbocycles. The van der Waals surface area contributed by atoms with Crippen LogP contribution in [-0.4, -0.2) is 32.1 Å². The molecule has 0 spiro atoms. The van der Waals surface area contributed by atoms with Crippen LogP contribution in [0.15, 0.2) is 83.2 Å². The van der Waals surface area contributed by atoms with Crippen LogP contribution < -0.4 is 19.0 Å². The van der Waals surface area contributed by atoms with Crippen LogP contribution in [0.1, 0.15) is 10.4 Å². The van der Waals surface area contributed by atoms with Gasteiger partial charge in [0, 0.05) is 29.9 Å². The number of hydrogen-bond donors (Lipinski definition) is 1. The lowest BCUT2D eigenvalue weighted by Crippen LogP contribution is -2.17. The molecule has 184 valence electrons. The molecular weight excluding hydrogens is 505 g/mol. The summed E-state index contributed by atoms with van der Waals surface area (Å²) in [4.78, 5) is 17.7. The quantitative estimate of drug-likeness (QED) is 0.378. The lowest BCUT2D eigenvalue weighted by atomic mass is 10.2. The Kier molecular flexibility index (Phi) is 6.33. The smallest absolute Gasteiger partial charge is 0.279 e. The van der Waals surface area contributed by atoms with Crippen molar-refractivity contribution < 1.29 is 27.1 Å². The second kappa shape index (κ2) is 9.59. The molecule has 3 aromatic carbocycles. The van der Waals surface area contributed by atoms with Gasteiger partial charge in [0.25, 0.3) is 15.9 Å². The lowest BCUT2D eigenvalue weighted by molar-refractivity contribution is 0.0998. The van der Waals surface area contributed by atoms with E-state index in [9.17, 15) is 17.6 Å². The van der Waals surface area contributed by atoms with Gasteiger partial charge in [-0.15, -0.1) is 6.58 Å². The summed E-state index contributed by atoms with van der Waals surface area (Å²) in [6.07, 6.45) is 1.72. The maximum Gasteiger partial charge on any atom is 0.279 e. The van der Waals surface area contributed by atoms with Gasteiger partial charge in [-0.3, -0.25) is 9.52 Å². The average molecular weight is 526 g/mol. The number of carbonyl (C=O) groups is 1. The van der Waals surface area contributed by atoms with Crippen molar-refractivity contribution in [1.82, 2.24) is 4.57 Å². The number of nitrogens with one attached hydrogen (secondary N) is 1. The number of halogens is 1. The summed E-state index contributed by atoms with van der Waals surface area (Å²) >= 11 is 1.34. The van der Waals surface area contributed by atoms with Gasteiger partial charge in [0.05, 0.1) is 15.1 Å². The Hall–Kier alpha value is -3.96. The third-order valence-corrected chi connectivity index (χ3v) is 7.80. The molecule has 1 aliphatic rings. The Morgan fingerprint density at radius 1 is 1.08 bits per heavy atom. The lowest BCUT2D eigenvalue weighted by Gasteiger charge is -2.18. The molecule has 1 aromatic heterocycles. The average Bonchev–Trinajstić information content (AvgIpc) is 3.19. The highest BCUT2D eigenvalue weighted by Crippen LogP contribution is 2.35. The molecule has 4 aromatic rings. The van der Waals surface area contributed by atoms with E-state index >= 15 is 0 Å². The minimum Gasteiger partial charge on any atom is -0.486 e. The normalized spacial score (nSPS) is 13.5. The number of sulfonamides is 1. The molecule has 0 saturated heterocycles. The monoisotopic (exact) mass is 525 g/mol. The number of carbonyl (C=O) groups excluding carboxylic acids is 1. The second-order valence-electron chi connectivity index (χ2n) is 7.80.